The van der Waals surface area contributed by atoms with Gasteiger partial charge in [-0.15, -0.1) is 0 Å². The fraction of sp³-hybridized carbons (Fsp3) is 0.850. The highest BCUT2D eigenvalue weighted by molar-refractivity contribution is 5.76. The summed E-state index contributed by atoms with van der Waals surface area (Å²) in [6.07, 6.45) is 77.1. The second-order valence-electron chi connectivity index (χ2n) is 19.7. The zero-order valence-corrected chi connectivity index (χ0v) is 43.3. The summed E-state index contributed by atoms with van der Waals surface area (Å²) in [6.45, 7) is 4.32. The van der Waals surface area contributed by atoms with Crippen molar-refractivity contribution in [1.29, 1.82) is 0 Å². The molecule has 64 heavy (non-hydrogen) atoms. The highest BCUT2D eigenvalue weighted by Crippen LogP contribution is 2.17. The van der Waals surface area contributed by atoms with E-state index < -0.39 is 12.1 Å². The number of allylic oxidation sites excluding steroid dienone is 7. The van der Waals surface area contributed by atoms with Crippen LogP contribution >= 0.6 is 0 Å². The highest BCUT2D eigenvalue weighted by atomic mass is 16.3. The number of unbranched alkanes of at least 4 members (excludes halogenated alkanes) is 40. The molecule has 0 radical (unpaired) electrons. The van der Waals surface area contributed by atoms with E-state index >= 15 is 0 Å². The molecular formula is C60H113NO3. The lowest BCUT2D eigenvalue weighted by molar-refractivity contribution is -0.123. The monoisotopic (exact) mass is 896 g/mol. The van der Waals surface area contributed by atoms with Crippen molar-refractivity contribution in [1.82, 2.24) is 5.32 Å². The Morgan fingerprint density at radius 3 is 0.906 bits per heavy atom. The first-order chi connectivity index (χ1) is 31.7. The maximum absolute atomic E-state index is 12.5. The van der Waals surface area contributed by atoms with Crippen molar-refractivity contribution in [2.24, 2.45) is 0 Å². The van der Waals surface area contributed by atoms with Gasteiger partial charge in [-0.05, 0) is 70.6 Å². The van der Waals surface area contributed by atoms with Gasteiger partial charge in [0, 0.05) is 6.42 Å². The van der Waals surface area contributed by atoms with Gasteiger partial charge in [-0.3, -0.25) is 4.79 Å². The molecule has 0 saturated heterocycles. The molecule has 0 saturated carbocycles. The molecule has 4 heteroatoms. The molecule has 0 aromatic rings. The minimum absolute atomic E-state index is 0.0759. The van der Waals surface area contributed by atoms with Crippen LogP contribution < -0.4 is 5.32 Å². The van der Waals surface area contributed by atoms with E-state index in [2.05, 4.69) is 55.6 Å². The molecule has 0 aliphatic carbocycles. The van der Waals surface area contributed by atoms with Crippen molar-refractivity contribution in [3.8, 4) is 0 Å². The van der Waals surface area contributed by atoms with Crippen molar-refractivity contribution < 1.29 is 15.0 Å². The van der Waals surface area contributed by atoms with Gasteiger partial charge in [0.25, 0.3) is 0 Å². The molecule has 0 rings (SSSR count). The van der Waals surface area contributed by atoms with E-state index in [1.54, 1.807) is 6.08 Å². The molecular weight excluding hydrogens is 783 g/mol. The van der Waals surface area contributed by atoms with Crippen LogP contribution in [0.5, 0.6) is 0 Å². The summed E-state index contributed by atoms with van der Waals surface area (Å²) < 4.78 is 0. The lowest BCUT2D eigenvalue weighted by atomic mass is 10.0. The molecule has 3 N–H and O–H groups in total. The molecule has 0 aromatic carbocycles. The average Bonchev–Trinajstić information content (AvgIpc) is 3.30. The number of amides is 1. The van der Waals surface area contributed by atoms with Crippen LogP contribution in [0, 0.1) is 0 Å². The van der Waals surface area contributed by atoms with Gasteiger partial charge in [-0.1, -0.05) is 281 Å². The molecule has 2 unspecified atom stereocenters. The summed E-state index contributed by atoms with van der Waals surface area (Å²) in [5.74, 6) is -0.0759. The summed E-state index contributed by atoms with van der Waals surface area (Å²) >= 11 is 0. The zero-order chi connectivity index (χ0) is 46.3. The van der Waals surface area contributed by atoms with Gasteiger partial charge in [0.05, 0.1) is 18.8 Å². The molecule has 4 nitrogen and oxygen atoms in total. The van der Waals surface area contributed by atoms with E-state index in [1.807, 2.05) is 6.08 Å². The number of carbonyl (C=O) groups excluding carboxylic acids is 1. The Labute approximate surface area is 401 Å². The Bertz CT molecular complexity index is 1020. The zero-order valence-electron chi connectivity index (χ0n) is 43.3. The van der Waals surface area contributed by atoms with E-state index in [9.17, 15) is 15.0 Å². The molecule has 0 aliphatic rings. The van der Waals surface area contributed by atoms with Crippen molar-refractivity contribution in [2.75, 3.05) is 6.61 Å². The molecule has 2 atom stereocenters. The first-order valence-corrected chi connectivity index (χ1v) is 28.9. The maximum Gasteiger partial charge on any atom is 0.220 e. The van der Waals surface area contributed by atoms with E-state index in [4.69, 9.17) is 0 Å². The van der Waals surface area contributed by atoms with Gasteiger partial charge >= 0.3 is 0 Å². The van der Waals surface area contributed by atoms with Gasteiger partial charge in [0.1, 0.15) is 0 Å². The molecule has 0 aliphatic heterocycles. The van der Waals surface area contributed by atoms with Crippen LogP contribution in [0.3, 0.4) is 0 Å². The second-order valence-corrected chi connectivity index (χ2v) is 19.7. The number of nitrogens with one attached hydrogen (secondary N) is 1. The largest absolute Gasteiger partial charge is 0.394 e. The lowest BCUT2D eigenvalue weighted by Crippen LogP contribution is -2.45. The van der Waals surface area contributed by atoms with E-state index in [-0.39, 0.29) is 12.5 Å². The summed E-state index contributed by atoms with van der Waals surface area (Å²) in [5.41, 5.74) is 0. The predicted octanol–water partition coefficient (Wildman–Crippen LogP) is 19.0. The lowest BCUT2D eigenvalue weighted by Gasteiger charge is -2.19. The minimum Gasteiger partial charge on any atom is -0.394 e. The van der Waals surface area contributed by atoms with Crippen LogP contribution in [0.1, 0.15) is 309 Å². The second kappa shape index (κ2) is 55.7. The summed E-state index contributed by atoms with van der Waals surface area (Å²) in [4.78, 5) is 12.5. The van der Waals surface area contributed by atoms with Crippen LogP contribution in [0.4, 0.5) is 0 Å². The topological polar surface area (TPSA) is 69.6 Å². The van der Waals surface area contributed by atoms with Gasteiger partial charge in [0.2, 0.25) is 5.91 Å². The quantitative estimate of drug-likeness (QED) is 0.0421. The molecule has 0 fully saturated rings. The highest BCUT2D eigenvalue weighted by Gasteiger charge is 2.18. The molecule has 376 valence electrons. The number of hydrogen-bond acceptors (Lipinski definition) is 3. The number of aliphatic hydroxyl groups is 2. The number of hydrogen-bond donors (Lipinski definition) is 3. The SMILES string of the molecule is CCCCCCCCCC/C=C\CCCCCCCCCCCCCC(=O)NC(CO)C(O)/C=C/CC/C=C/CC/C=C/CCCCCCCCCCCCCCCCCCCCC. The molecule has 0 bridgehead atoms. The van der Waals surface area contributed by atoms with Gasteiger partial charge < -0.3 is 15.5 Å². The summed E-state index contributed by atoms with van der Waals surface area (Å²) in [5, 5.41) is 23.1. The number of rotatable bonds is 53. The maximum atomic E-state index is 12.5. The van der Waals surface area contributed by atoms with Crippen LogP contribution in [-0.4, -0.2) is 34.9 Å². The van der Waals surface area contributed by atoms with Crippen molar-refractivity contribution in [3.63, 3.8) is 0 Å². The molecule has 1 amide bonds. The van der Waals surface area contributed by atoms with Crippen LogP contribution in [-0.2, 0) is 4.79 Å². The first-order valence-electron chi connectivity index (χ1n) is 28.9. The molecule has 0 heterocycles. The number of carbonyl (C=O) groups is 1. The van der Waals surface area contributed by atoms with Gasteiger partial charge in [-0.2, -0.15) is 0 Å². The minimum atomic E-state index is -0.872. The van der Waals surface area contributed by atoms with Gasteiger partial charge in [0.15, 0.2) is 0 Å². The Balaban J connectivity index is 3.55. The molecule has 0 spiro atoms. The Kier molecular flexibility index (Phi) is 54.2. The molecule has 0 aromatic heterocycles. The van der Waals surface area contributed by atoms with Gasteiger partial charge in [-0.25, -0.2) is 0 Å². The van der Waals surface area contributed by atoms with E-state index in [1.165, 1.54) is 250 Å². The smallest absolute Gasteiger partial charge is 0.220 e. The van der Waals surface area contributed by atoms with E-state index in [0.29, 0.717) is 6.42 Å². The third-order valence-corrected chi connectivity index (χ3v) is 13.3. The predicted molar refractivity (Wildman–Crippen MR) is 285 cm³/mol. The fourth-order valence-corrected chi connectivity index (χ4v) is 8.86. The van der Waals surface area contributed by atoms with Crippen LogP contribution in [0.2, 0.25) is 0 Å². The summed E-state index contributed by atoms with van der Waals surface area (Å²) in [7, 11) is 0. The Morgan fingerprint density at radius 2 is 0.609 bits per heavy atom. The van der Waals surface area contributed by atoms with Crippen molar-refractivity contribution in [2.45, 2.75) is 321 Å². The normalized spacial score (nSPS) is 13.1. The van der Waals surface area contributed by atoms with Crippen LogP contribution in [0.25, 0.3) is 0 Å². The first kappa shape index (κ1) is 62.4. The number of aliphatic hydroxyl groups excluding tert-OH is 2. The third kappa shape index (κ3) is 51.3. The standard InChI is InChI=1S/C60H113NO3/c1-3-5-7-9-11-13-15-17-19-21-23-25-27-28-29-30-31-32-34-35-37-39-41-43-45-47-49-51-53-55-59(63)58(57-62)61-60(64)56-54-52-50-48-46-44-42-40-38-36-33-26-24-22-20-18-16-14-12-10-8-6-4-2/h22,24,37,39,45,47,53,55,58-59,62-63H,3-21,23,25-36,38,40-44,46,48-52,54,56-57H2,1-2H3,(H,61,64)/b24-22-,39-37+,47-45+,55-53+. The Hall–Kier alpha value is -1.65. The van der Waals surface area contributed by atoms with Crippen LogP contribution in [0.15, 0.2) is 48.6 Å². The van der Waals surface area contributed by atoms with E-state index in [0.717, 1.165) is 38.5 Å². The third-order valence-electron chi connectivity index (χ3n) is 13.3. The van der Waals surface area contributed by atoms with Crippen molar-refractivity contribution in [3.05, 3.63) is 48.6 Å². The fourth-order valence-electron chi connectivity index (χ4n) is 8.86. The average molecular weight is 897 g/mol. The summed E-state index contributed by atoms with van der Waals surface area (Å²) in [6, 6.07) is -0.647. The van der Waals surface area contributed by atoms with Crippen molar-refractivity contribution >= 4 is 5.91 Å². The Morgan fingerprint density at radius 1 is 0.359 bits per heavy atom.